The summed E-state index contributed by atoms with van der Waals surface area (Å²) < 4.78 is 1.46. The van der Waals surface area contributed by atoms with E-state index in [4.69, 9.17) is 10.8 Å². The van der Waals surface area contributed by atoms with Gasteiger partial charge >= 0.3 is 6.09 Å². The topological polar surface area (TPSA) is 203 Å². The van der Waals surface area contributed by atoms with Crippen LogP contribution in [0, 0.1) is 0 Å². The number of hydrogen-bond acceptors (Lipinski definition) is 7. The number of nitrogens with one attached hydrogen (secondary N) is 2. The van der Waals surface area contributed by atoms with Crippen molar-refractivity contribution in [2.45, 2.75) is 81.8 Å². The average Bonchev–Trinajstić information content (AvgIpc) is 3.52. The van der Waals surface area contributed by atoms with E-state index >= 15 is 0 Å². The molecular formula is C26H35Br2N5O8. The van der Waals surface area contributed by atoms with E-state index in [1.807, 2.05) is 11.4 Å². The molecule has 2 aliphatic rings. The Balaban J connectivity index is 2.01. The second kappa shape index (κ2) is 13.5. The molecule has 7 N–H and O–H groups in total. The summed E-state index contributed by atoms with van der Waals surface area (Å²) in [7, 11) is 0. The number of likely N-dealkylation sites (tertiary alicyclic amines) is 2. The Bertz CT molecular complexity index is 1180. The number of primary amides is 1. The fourth-order valence-corrected chi connectivity index (χ4v) is 7.01. The second-order valence-corrected chi connectivity index (χ2v) is 12.4. The lowest BCUT2D eigenvalue weighted by Crippen LogP contribution is -2.65. The summed E-state index contributed by atoms with van der Waals surface area (Å²) >= 11 is 6.88. The molecule has 3 rings (SSSR count). The van der Waals surface area contributed by atoms with Crippen molar-refractivity contribution in [3.8, 4) is 0 Å². The fourth-order valence-electron chi connectivity index (χ4n) is 5.62. The van der Waals surface area contributed by atoms with Crippen molar-refractivity contribution in [2.75, 3.05) is 13.1 Å². The van der Waals surface area contributed by atoms with Gasteiger partial charge in [-0.05, 0) is 63.3 Å². The number of hydrogen-bond donors (Lipinski definition) is 6. The summed E-state index contributed by atoms with van der Waals surface area (Å²) in [5.74, 6) is -2.86. The number of rotatable bonds is 10. The van der Waals surface area contributed by atoms with Crippen LogP contribution < -0.4 is 16.4 Å². The third-order valence-corrected chi connectivity index (χ3v) is 8.44. The zero-order valence-corrected chi connectivity index (χ0v) is 25.9. The molecule has 41 heavy (non-hydrogen) atoms. The number of carbonyl (C=O) groups excluding carboxylic acids is 4. The van der Waals surface area contributed by atoms with Crippen LogP contribution in [0.3, 0.4) is 0 Å². The van der Waals surface area contributed by atoms with Gasteiger partial charge in [-0.1, -0.05) is 31.9 Å². The number of aliphatic hydroxyl groups is 2. The van der Waals surface area contributed by atoms with Crippen molar-refractivity contribution in [2.24, 2.45) is 5.73 Å². The van der Waals surface area contributed by atoms with Crippen LogP contribution in [0.25, 0.3) is 0 Å². The minimum Gasteiger partial charge on any atom is -0.465 e. The molecule has 2 unspecified atom stereocenters. The molecule has 0 aliphatic carbocycles. The Kier molecular flexibility index (Phi) is 10.8. The predicted molar refractivity (Wildman–Crippen MR) is 153 cm³/mol. The van der Waals surface area contributed by atoms with Crippen molar-refractivity contribution in [1.82, 2.24) is 20.4 Å². The monoisotopic (exact) mass is 703 g/mol. The Morgan fingerprint density at radius 2 is 1.61 bits per heavy atom. The number of benzene rings is 1. The standard InChI is InChI=1S/C26H35Br2N5O8/c1-13(34)19(21(29)36)30-24(39)26(12-15-9-16(27)11-17(28)10-15)6-4-8-33(26)22(37)18-5-3-7-32(18)23(38)20(14(2)35)31-25(40)41/h9-11,13-14,18-20,31,34-35H,3-8,12H2,1-2H3,(H2,29,36)(H,30,39)(H,40,41)/t13-,14-,18?,19+,20+,26?/m1/s1. The van der Waals surface area contributed by atoms with E-state index in [1.54, 1.807) is 12.1 Å². The van der Waals surface area contributed by atoms with E-state index < -0.39 is 65.6 Å². The Hall–Kier alpha value is -2.75. The van der Waals surface area contributed by atoms with Gasteiger partial charge in [-0.25, -0.2) is 4.79 Å². The molecule has 1 aromatic rings. The molecule has 2 heterocycles. The van der Waals surface area contributed by atoms with Gasteiger partial charge in [0.1, 0.15) is 23.7 Å². The van der Waals surface area contributed by atoms with Gasteiger partial charge < -0.3 is 41.5 Å². The van der Waals surface area contributed by atoms with Gasteiger partial charge in [-0.2, -0.15) is 0 Å². The summed E-state index contributed by atoms with van der Waals surface area (Å²) in [6.45, 7) is 2.94. The Labute approximate surface area is 254 Å². The number of nitrogens with zero attached hydrogens (tertiary/aromatic N) is 2. The molecule has 2 aliphatic heterocycles. The quantitative estimate of drug-likeness (QED) is 0.202. The van der Waals surface area contributed by atoms with E-state index in [9.17, 15) is 34.2 Å². The highest BCUT2D eigenvalue weighted by molar-refractivity contribution is 9.11. The van der Waals surface area contributed by atoms with Crippen LogP contribution in [-0.2, 0) is 25.6 Å². The molecule has 15 heteroatoms. The zero-order valence-electron chi connectivity index (χ0n) is 22.7. The minimum absolute atomic E-state index is 0.0610. The van der Waals surface area contributed by atoms with Crippen LogP contribution in [0.15, 0.2) is 27.1 Å². The van der Waals surface area contributed by atoms with E-state index in [1.165, 1.54) is 23.6 Å². The van der Waals surface area contributed by atoms with Gasteiger partial charge in [0.25, 0.3) is 0 Å². The molecule has 0 saturated carbocycles. The van der Waals surface area contributed by atoms with Gasteiger partial charge in [0, 0.05) is 28.5 Å². The highest BCUT2D eigenvalue weighted by Crippen LogP contribution is 2.37. The third kappa shape index (κ3) is 7.37. The summed E-state index contributed by atoms with van der Waals surface area (Å²) in [5.41, 5.74) is 4.65. The van der Waals surface area contributed by atoms with Crippen LogP contribution in [0.5, 0.6) is 0 Å². The maximum Gasteiger partial charge on any atom is 0.405 e. The predicted octanol–water partition coefficient (Wildman–Crippen LogP) is 0.474. The molecular weight excluding hydrogens is 670 g/mol. The summed E-state index contributed by atoms with van der Waals surface area (Å²) in [6.07, 6.45) is -2.67. The molecule has 0 bridgehead atoms. The van der Waals surface area contributed by atoms with Gasteiger partial charge in [0.2, 0.25) is 23.6 Å². The van der Waals surface area contributed by atoms with Gasteiger partial charge in [-0.15, -0.1) is 0 Å². The molecule has 0 aromatic heterocycles. The number of aliphatic hydroxyl groups excluding tert-OH is 2. The molecule has 226 valence electrons. The molecule has 5 amide bonds. The molecule has 2 saturated heterocycles. The summed E-state index contributed by atoms with van der Waals surface area (Å²) in [5, 5.41) is 33.9. The van der Waals surface area contributed by atoms with Crippen LogP contribution in [0.1, 0.15) is 45.1 Å². The van der Waals surface area contributed by atoms with Crippen LogP contribution >= 0.6 is 31.9 Å². The van der Waals surface area contributed by atoms with Gasteiger partial charge in [0.15, 0.2) is 0 Å². The van der Waals surface area contributed by atoms with E-state index in [0.717, 1.165) is 8.95 Å². The highest BCUT2D eigenvalue weighted by atomic mass is 79.9. The number of carboxylic acid groups (broad SMARTS) is 1. The van der Waals surface area contributed by atoms with E-state index in [2.05, 4.69) is 37.2 Å². The average molecular weight is 705 g/mol. The summed E-state index contributed by atoms with van der Waals surface area (Å²) in [6, 6.07) is 1.55. The normalized spacial score (nSPS) is 23.4. The molecule has 0 spiro atoms. The maximum absolute atomic E-state index is 14.2. The first kappa shape index (κ1) is 32.8. The number of carbonyl (C=O) groups is 5. The van der Waals surface area contributed by atoms with Gasteiger partial charge in [-0.3, -0.25) is 19.2 Å². The van der Waals surface area contributed by atoms with Crippen molar-refractivity contribution < 1.29 is 39.3 Å². The van der Waals surface area contributed by atoms with Crippen LogP contribution in [-0.4, -0.2) is 104 Å². The third-order valence-electron chi connectivity index (χ3n) is 7.52. The first-order valence-corrected chi connectivity index (χ1v) is 14.8. The highest BCUT2D eigenvalue weighted by Gasteiger charge is 2.53. The van der Waals surface area contributed by atoms with Crippen LogP contribution in [0.4, 0.5) is 4.79 Å². The molecule has 13 nitrogen and oxygen atoms in total. The van der Waals surface area contributed by atoms with Crippen molar-refractivity contribution in [3.05, 3.63) is 32.7 Å². The second-order valence-electron chi connectivity index (χ2n) is 10.5. The number of halogens is 2. The lowest BCUT2D eigenvalue weighted by molar-refractivity contribution is -0.153. The van der Waals surface area contributed by atoms with E-state index in [-0.39, 0.29) is 32.4 Å². The maximum atomic E-state index is 14.2. The van der Waals surface area contributed by atoms with Crippen molar-refractivity contribution in [3.63, 3.8) is 0 Å². The lowest BCUT2D eigenvalue weighted by Gasteiger charge is -2.41. The largest absolute Gasteiger partial charge is 0.465 e. The number of amides is 5. The molecule has 6 atom stereocenters. The first-order valence-electron chi connectivity index (χ1n) is 13.2. The first-order chi connectivity index (χ1) is 19.2. The van der Waals surface area contributed by atoms with Crippen molar-refractivity contribution >= 4 is 61.6 Å². The zero-order chi connectivity index (χ0) is 30.6. The summed E-state index contributed by atoms with van der Waals surface area (Å²) in [4.78, 5) is 67.4. The smallest absolute Gasteiger partial charge is 0.405 e. The van der Waals surface area contributed by atoms with Crippen LogP contribution in [0.2, 0.25) is 0 Å². The SMILES string of the molecule is C[C@@H](O)[C@H](NC(=O)C1(Cc2cc(Br)cc(Br)c2)CCCN1C(=O)C1CCCN1C(=O)[C@@H](NC(=O)O)[C@@H](C)O)C(N)=O. The minimum atomic E-state index is -1.50. The molecule has 2 fully saturated rings. The Morgan fingerprint density at radius 3 is 2.15 bits per heavy atom. The fraction of sp³-hybridized carbons (Fsp3) is 0.577. The lowest BCUT2D eigenvalue weighted by atomic mass is 9.86. The van der Waals surface area contributed by atoms with Gasteiger partial charge in [0.05, 0.1) is 12.2 Å². The Morgan fingerprint density at radius 1 is 1.00 bits per heavy atom. The molecule has 0 radical (unpaired) electrons. The molecule has 1 aromatic carbocycles. The van der Waals surface area contributed by atoms with E-state index in [0.29, 0.717) is 18.4 Å². The number of nitrogens with two attached hydrogens (primary N) is 1. The van der Waals surface area contributed by atoms with Crippen molar-refractivity contribution in [1.29, 1.82) is 0 Å².